The van der Waals surface area contributed by atoms with Crippen LogP contribution in [0.2, 0.25) is 20.6 Å². The molecule has 26 heteroatoms. The van der Waals surface area contributed by atoms with E-state index in [-0.39, 0.29) is 63.0 Å². The second-order valence-corrected chi connectivity index (χ2v) is 18.4. The van der Waals surface area contributed by atoms with E-state index in [4.69, 9.17) is 75.2 Å². The van der Waals surface area contributed by atoms with Crippen LogP contribution in [-0.2, 0) is 26.1 Å². The molecule has 0 amide bonds. The summed E-state index contributed by atoms with van der Waals surface area (Å²) in [6.07, 6.45) is 0.919. The van der Waals surface area contributed by atoms with Crippen molar-refractivity contribution in [2.75, 3.05) is 34.8 Å². The highest BCUT2D eigenvalue weighted by molar-refractivity contribution is 6.33. The molecule has 412 valence electrons. The van der Waals surface area contributed by atoms with Crippen LogP contribution in [0.5, 0.6) is 0 Å². The molecule has 21 nitrogen and oxygen atoms in total. The molecule has 6 heterocycles. The minimum Gasteiger partial charge on any atom is -0.370 e. The van der Waals surface area contributed by atoms with Gasteiger partial charge in [0.1, 0.15) is 26.4 Å². The second-order valence-electron chi connectivity index (χ2n) is 16.9. The van der Waals surface area contributed by atoms with Crippen LogP contribution >= 0.6 is 58.8 Å². The summed E-state index contributed by atoms with van der Waals surface area (Å²) in [5.41, 5.74) is 32.5. The number of aromatic nitrogens is 12. The first kappa shape index (κ1) is 60.6. The van der Waals surface area contributed by atoms with Crippen molar-refractivity contribution in [2.24, 2.45) is 5.84 Å². The van der Waals surface area contributed by atoms with Crippen molar-refractivity contribution in [1.82, 2.24) is 63.7 Å². The number of nitrogen functional groups attached to an aromatic ring is 4. The molecule has 0 atom stereocenters. The Morgan fingerprint density at radius 1 is 0.487 bits per heavy atom. The largest absolute Gasteiger partial charge is 0.370 e. The zero-order chi connectivity index (χ0) is 56.3. The van der Waals surface area contributed by atoms with E-state index in [2.05, 4.69) is 63.0 Å². The topological polar surface area (TPSA) is 310 Å². The van der Waals surface area contributed by atoms with E-state index in [1.54, 1.807) is 12.1 Å². The van der Waals surface area contributed by atoms with Crippen molar-refractivity contribution < 1.29 is 0 Å². The van der Waals surface area contributed by atoms with Crippen LogP contribution in [0.15, 0.2) is 179 Å². The third kappa shape index (κ3) is 17.9. The number of nitrogens with one attached hydrogen (secondary N) is 2. The van der Waals surface area contributed by atoms with Crippen LogP contribution in [0.4, 0.5) is 29.6 Å². The number of aryl methyl sites for hydroxylation is 1. The molecular formula is C54H54Cl5N19O2. The van der Waals surface area contributed by atoms with Gasteiger partial charge in [-0.05, 0) is 35.6 Å². The number of hydrogen-bond donors (Lipinski definition) is 7. The standard InChI is InChI=1S/C19H17N5O.C12H10ClN5O.C12H13ClN4.C7H10N2.C4H3Cl2N3.ClH/c1-13-7-9-15(10-8-13)16-11-17-22-23(12-14-5-3-2-4-6-14)19(25)24(17)18(20)21-16;13-9-6-10-16-17(7-8-4-2-1-3-5-8)12(19)18(10)11(14)15-9;13-10-8-11(17-12(14)16-10)15-7-6-9-4-2-1-3-5-9;8-9-6-7-4-2-1-3-5-7;5-2-1-3(6)9-4(7)8-2;/h2-11H,12H2,1H3,(H2,20,21);1-6H,7H2,(H2,14,15);1-5,8H,6-7H2,(H3,14,15,16,17);1-5,9H,6,8H2;1H,(H2,7,8,9);1H. The Kier molecular flexibility index (Phi) is 22.6. The fourth-order valence-corrected chi connectivity index (χ4v) is 8.12. The molecule has 0 saturated heterocycles. The lowest BCUT2D eigenvalue weighted by Gasteiger charge is -2.06. The molecule has 6 aromatic heterocycles. The summed E-state index contributed by atoms with van der Waals surface area (Å²) in [5.74, 6) is 6.20. The van der Waals surface area contributed by atoms with Crippen LogP contribution < -0.4 is 50.9 Å². The summed E-state index contributed by atoms with van der Waals surface area (Å²) >= 11 is 22.4. The molecule has 12 N–H and O–H groups in total. The third-order valence-corrected chi connectivity index (χ3v) is 11.7. The fraction of sp³-hybridized carbons (Fsp3) is 0.111. The van der Waals surface area contributed by atoms with Crippen LogP contribution in [-0.4, -0.2) is 64.8 Å². The van der Waals surface area contributed by atoms with Crippen molar-refractivity contribution >= 4 is 99.7 Å². The molecule has 0 fully saturated rings. The number of rotatable bonds is 11. The van der Waals surface area contributed by atoms with Crippen molar-refractivity contribution in [2.45, 2.75) is 33.0 Å². The van der Waals surface area contributed by atoms with Gasteiger partial charge in [-0.1, -0.05) is 198 Å². The number of halogens is 5. The Balaban J connectivity index is 0.000000169. The van der Waals surface area contributed by atoms with Gasteiger partial charge in [-0.3, -0.25) is 11.3 Å². The van der Waals surface area contributed by atoms with Crippen molar-refractivity contribution in [1.29, 1.82) is 0 Å². The maximum Gasteiger partial charge on any atom is 0.353 e. The molecule has 0 aliphatic carbocycles. The second kappa shape index (κ2) is 29.9. The molecule has 80 heavy (non-hydrogen) atoms. The maximum absolute atomic E-state index is 12.6. The van der Waals surface area contributed by atoms with Gasteiger partial charge in [0.25, 0.3) is 0 Å². The van der Waals surface area contributed by atoms with E-state index in [0.717, 1.165) is 36.2 Å². The van der Waals surface area contributed by atoms with E-state index in [0.29, 0.717) is 41.0 Å². The minimum absolute atomic E-state index is 0. The summed E-state index contributed by atoms with van der Waals surface area (Å²) in [6, 6.07) is 53.9. The molecule has 0 bridgehead atoms. The summed E-state index contributed by atoms with van der Waals surface area (Å²) < 4.78 is 5.30. The van der Waals surface area contributed by atoms with Gasteiger partial charge in [0, 0.05) is 42.9 Å². The molecule has 0 saturated carbocycles. The molecule has 0 radical (unpaired) electrons. The molecule has 5 aromatic carbocycles. The maximum atomic E-state index is 12.6. The average Bonchev–Trinajstić information content (AvgIpc) is 4.05. The normalized spacial score (nSPS) is 10.4. The Morgan fingerprint density at radius 2 is 0.912 bits per heavy atom. The quantitative estimate of drug-likeness (QED) is 0.0363. The number of hydrogen-bond acceptors (Lipinski definition) is 17. The van der Waals surface area contributed by atoms with Crippen LogP contribution in [0, 0.1) is 6.92 Å². The molecule has 11 aromatic rings. The molecule has 0 spiro atoms. The average molecular weight is 1180 g/mol. The zero-order valence-electron chi connectivity index (χ0n) is 42.7. The first-order valence-electron chi connectivity index (χ1n) is 24.0. The Labute approximate surface area is 484 Å². The molecular weight excluding hydrogens is 1120 g/mol. The third-order valence-electron chi connectivity index (χ3n) is 11.0. The van der Waals surface area contributed by atoms with Crippen molar-refractivity contribution in [3.05, 3.63) is 239 Å². The van der Waals surface area contributed by atoms with E-state index < -0.39 is 0 Å². The first-order valence-corrected chi connectivity index (χ1v) is 25.5. The van der Waals surface area contributed by atoms with Crippen LogP contribution in [0.25, 0.3) is 22.6 Å². The van der Waals surface area contributed by atoms with Gasteiger partial charge in [-0.2, -0.15) is 4.98 Å². The number of benzene rings is 5. The van der Waals surface area contributed by atoms with Crippen LogP contribution in [0.3, 0.4) is 0 Å². The Bertz CT molecular complexity index is 3770. The van der Waals surface area contributed by atoms with Crippen LogP contribution in [0.1, 0.15) is 27.8 Å². The van der Waals surface area contributed by atoms with Gasteiger partial charge >= 0.3 is 11.4 Å². The van der Waals surface area contributed by atoms with Gasteiger partial charge in [0.05, 0.1) is 18.8 Å². The van der Waals surface area contributed by atoms with Gasteiger partial charge in [0.2, 0.25) is 23.8 Å². The lowest BCUT2D eigenvalue weighted by molar-refractivity contribution is 0.659. The minimum atomic E-state index is -0.333. The summed E-state index contributed by atoms with van der Waals surface area (Å²) in [6.45, 7) is 4.30. The highest BCUT2D eigenvalue weighted by Gasteiger charge is 2.14. The Morgan fingerprint density at radius 3 is 1.39 bits per heavy atom. The summed E-state index contributed by atoms with van der Waals surface area (Å²) in [7, 11) is 0. The number of nitrogens with two attached hydrogens (primary N) is 5. The summed E-state index contributed by atoms with van der Waals surface area (Å²) in [5, 5.41) is 12.8. The van der Waals surface area contributed by atoms with Gasteiger partial charge in [0.15, 0.2) is 11.3 Å². The predicted molar refractivity (Wildman–Crippen MR) is 321 cm³/mol. The smallest absolute Gasteiger partial charge is 0.353 e. The number of nitrogens with zero attached hydrogens (tertiary/aromatic N) is 12. The van der Waals surface area contributed by atoms with Gasteiger partial charge in [-0.25, -0.2) is 52.7 Å². The number of fused-ring (bicyclic) bond motifs is 2. The Hall–Kier alpha value is -8.67. The monoisotopic (exact) mass is 1180 g/mol. The van der Waals surface area contributed by atoms with E-state index >= 15 is 0 Å². The lowest BCUT2D eigenvalue weighted by atomic mass is 10.1. The SMILES string of the molecule is Cc1ccc(-c2cc3nn(Cc4ccccc4)c(=O)n3c(N)n2)cc1.Cl.NNCc1ccccc1.Nc1nc(Cl)cc(Cl)n1.Nc1nc(Cl)cc(NCCc2ccccc2)n1.Nc1nc(Cl)cc2nn(Cc3ccccc3)c(=O)n12. The van der Waals surface area contributed by atoms with E-state index in [1.807, 2.05) is 140 Å². The molecule has 11 rings (SSSR count). The number of anilines is 5. The van der Waals surface area contributed by atoms with Gasteiger partial charge < -0.3 is 28.3 Å². The van der Waals surface area contributed by atoms with E-state index in [9.17, 15) is 9.59 Å². The highest BCUT2D eigenvalue weighted by Crippen LogP contribution is 2.21. The van der Waals surface area contributed by atoms with Crippen molar-refractivity contribution in [3.8, 4) is 11.3 Å². The van der Waals surface area contributed by atoms with E-state index in [1.165, 1.54) is 47.0 Å². The summed E-state index contributed by atoms with van der Waals surface area (Å²) in [4.78, 5) is 48.0. The first-order chi connectivity index (χ1) is 38.1. The molecule has 0 aliphatic rings. The highest BCUT2D eigenvalue weighted by atomic mass is 35.5. The zero-order valence-corrected chi connectivity index (χ0v) is 46.5. The molecule has 0 unspecified atom stereocenters. The molecule has 0 aliphatic heterocycles. The fourth-order valence-electron chi connectivity index (χ4n) is 7.31. The van der Waals surface area contributed by atoms with Crippen molar-refractivity contribution in [3.63, 3.8) is 0 Å². The van der Waals surface area contributed by atoms with Gasteiger partial charge in [-0.15, -0.1) is 22.6 Å². The predicted octanol–water partition coefficient (Wildman–Crippen LogP) is 8.48. The number of hydrazine groups is 1. The lowest BCUT2D eigenvalue weighted by Crippen LogP contribution is -2.23.